The molecule has 2 heteroatoms. The van der Waals surface area contributed by atoms with Gasteiger partial charge in [-0.3, -0.25) is 4.98 Å². The molecule has 0 spiro atoms. The summed E-state index contributed by atoms with van der Waals surface area (Å²) in [6.07, 6.45) is 8.86. The van der Waals surface area contributed by atoms with Gasteiger partial charge in [0.05, 0.1) is 11.7 Å². The molecule has 1 aliphatic carbocycles. The van der Waals surface area contributed by atoms with E-state index in [1.165, 1.54) is 48.9 Å². The maximum Gasteiger partial charge on any atom is 0.0708 e. The molecule has 1 N–H and O–H groups in total. The average Bonchev–Trinajstić information content (AvgIpc) is 2.58. The Morgan fingerprint density at radius 1 is 1.17 bits per heavy atom. The summed E-state index contributed by atoms with van der Waals surface area (Å²) in [5.74, 6) is 0. The first kappa shape index (κ1) is 13.3. The van der Waals surface area contributed by atoms with Crippen LogP contribution in [0.2, 0.25) is 0 Å². The zero-order valence-electron chi connectivity index (χ0n) is 11.8. The summed E-state index contributed by atoms with van der Waals surface area (Å²) in [6, 6.07) is 4.64. The molecule has 0 bridgehead atoms. The second-order valence-electron chi connectivity index (χ2n) is 5.31. The van der Waals surface area contributed by atoms with Crippen LogP contribution in [0.1, 0.15) is 55.1 Å². The molecule has 1 aromatic rings. The molecule has 0 aliphatic heterocycles. The van der Waals surface area contributed by atoms with Crippen molar-refractivity contribution in [3.8, 4) is 0 Å². The van der Waals surface area contributed by atoms with Crippen molar-refractivity contribution in [1.29, 1.82) is 0 Å². The number of hydrogen-bond acceptors (Lipinski definition) is 2. The fraction of sp³-hybridized carbons (Fsp3) is 0.562. The van der Waals surface area contributed by atoms with Crippen LogP contribution in [0.4, 0.5) is 0 Å². The lowest BCUT2D eigenvalue weighted by Crippen LogP contribution is -2.20. The van der Waals surface area contributed by atoms with Gasteiger partial charge in [-0.15, -0.1) is 0 Å². The van der Waals surface area contributed by atoms with E-state index in [0.717, 1.165) is 5.69 Å². The molecule has 0 aromatic carbocycles. The minimum atomic E-state index is 0.293. The van der Waals surface area contributed by atoms with E-state index in [9.17, 15) is 0 Å². The van der Waals surface area contributed by atoms with Gasteiger partial charge in [0.1, 0.15) is 0 Å². The van der Waals surface area contributed by atoms with Crippen molar-refractivity contribution in [2.75, 3.05) is 7.05 Å². The third-order valence-corrected chi connectivity index (χ3v) is 3.65. The molecular weight excluding hydrogens is 220 g/mol. The third-order valence-electron chi connectivity index (χ3n) is 3.65. The molecule has 0 radical (unpaired) electrons. The van der Waals surface area contributed by atoms with Gasteiger partial charge in [-0.25, -0.2) is 0 Å². The molecule has 2 nitrogen and oxygen atoms in total. The van der Waals surface area contributed by atoms with Crippen LogP contribution in [0.3, 0.4) is 0 Å². The smallest absolute Gasteiger partial charge is 0.0708 e. The lowest BCUT2D eigenvalue weighted by atomic mass is 9.98. The first-order valence-electron chi connectivity index (χ1n) is 7.02. The molecule has 0 saturated carbocycles. The Hall–Kier alpha value is -1.15. The predicted molar refractivity (Wildman–Crippen MR) is 76.7 cm³/mol. The van der Waals surface area contributed by atoms with E-state index < -0.39 is 0 Å². The van der Waals surface area contributed by atoms with Crippen LogP contribution >= 0.6 is 0 Å². The Kier molecular flexibility index (Phi) is 4.54. The molecular formula is C16H24N2. The molecule has 0 amide bonds. The maximum atomic E-state index is 4.71. The fourth-order valence-electron chi connectivity index (χ4n) is 2.85. The van der Waals surface area contributed by atoms with Crippen LogP contribution in [0.5, 0.6) is 0 Å². The average molecular weight is 244 g/mol. The van der Waals surface area contributed by atoms with Gasteiger partial charge in [-0.2, -0.15) is 0 Å². The number of nitrogens with one attached hydrogen (secondary N) is 1. The lowest BCUT2D eigenvalue weighted by Gasteiger charge is -2.20. The summed E-state index contributed by atoms with van der Waals surface area (Å²) in [7, 11) is 2.04. The molecule has 2 rings (SSSR count). The molecule has 1 heterocycles. The van der Waals surface area contributed by atoms with Crippen molar-refractivity contribution in [1.82, 2.24) is 10.3 Å². The number of hydrogen-bond donors (Lipinski definition) is 1. The molecule has 98 valence electrons. The topological polar surface area (TPSA) is 24.9 Å². The second-order valence-corrected chi connectivity index (χ2v) is 5.31. The third kappa shape index (κ3) is 3.20. The summed E-state index contributed by atoms with van der Waals surface area (Å²) in [5.41, 5.74) is 5.10. The van der Waals surface area contributed by atoms with E-state index in [1.54, 1.807) is 0 Å². The van der Waals surface area contributed by atoms with Crippen LogP contribution < -0.4 is 5.32 Å². The van der Waals surface area contributed by atoms with Crippen molar-refractivity contribution in [3.05, 3.63) is 40.7 Å². The highest BCUT2D eigenvalue weighted by Gasteiger charge is 2.17. The Morgan fingerprint density at radius 3 is 2.72 bits per heavy atom. The van der Waals surface area contributed by atoms with Crippen molar-refractivity contribution >= 4 is 0 Å². The highest BCUT2D eigenvalue weighted by Crippen LogP contribution is 2.28. The zero-order valence-corrected chi connectivity index (χ0v) is 11.8. The van der Waals surface area contributed by atoms with Gasteiger partial charge in [-0.05, 0) is 64.3 Å². The van der Waals surface area contributed by atoms with Crippen LogP contribution in [-0.2, 0) is 0 Å². The van der Waals surface area contributed by atoms with Crippen LogP contribution in [-0.4, -0.2) is 12.0 Å². The molecule has 1 aromatic heterocycles. The van der Waals surface area contributed by atoms with E-state index >= 15 is 0 Å². The molecule has 1 atom stereocenters. The SMILES string of the molecule is CNC(C1=CCCCCC1)c1cc(C)cc(C)n1. The van der Waals surface area contributed by atoms with Crippen molar-refractivity contribution < 1.29 is 0 Å². The number of rotatable bonds is 3. The van der Waals surface area contributed by atoms with Gasteiger partial charge in [0.2, 0.25) is 0 Å². The first-order chi connectivity index (χ1) is 8.70. The monoisotopic (exact) mass is 244 g/mol. The van der Waals surface area contributed by atoms with Crippen molar-refractivity contribution in [2.24, 2.45) is 0 Å². The molecule has 1 unspecified atom stereocenters. The minimum absolute atomic E-state index is 0.293. The van der Waals surface area contributed by atoms with Gasteiger partial charge >= 0.3 is 0 Å². The quantitative estimate of drug-likeness (QED) is 0.817. The highest BCUT2D eigenvalue weighted by atomic mass is 14.9. The Labute approximate surface area is 111 Å². The van der Waals surface area contributed by atoms with Crippen LogP contribution in [0.15, 0.2) is 23.8 Å². The standard InChI is InChI=1S/C16H24N2/c1-12-10-13(2)18-15(11-12)16(17-3)14-8-6-4-5-7-9-14/h8,10-11,16-17H,4-7,9H2,1-3H3. The predicted octanol–water partition coefficient (Wildman–Crippen LogP) is 3.85. The molecule has 1 aliphatic rings. The summed E-state index contributed by atoms with van der Waals surface area (Å²) in [5, 5.41) is 3.44. The van der Waals surface area contributed by atoms with Gasteiger partial charge in [-0.1, -0.05) is 18.1 Å². The van der Waals surface area contributed by atoms with E-state index in [-0.39, 0.29) is 0 Å². The van der Waals surface area contributed by atoms with Gasteiger partial charge in [0.25, 0.3) is 0 Å². The van der Waals surface area contributed by atoms with E-state index in [0.29, 0.717) is 6.04 Å². The zero-order chi connectivity index (χ0) is 13.0. The minimum Gasteiger partial charge on any atom is -0.308 e. The largest absolute Gasteiger partial charge is 0.308 e. The summed E-state index contributed by atoms with van der Waals surface area (Å²) in [6.45, 7) is 4.22. The number of likely N-dealkylation sites (N-methyl/N-ethyl adjacent to an activating group) is 1. The summed E-state index contributed by atoms with van der Waals surface area (Å²) in [4.78, 5) is 4.71. The number of nitrogens with zero attached hydrogens (tertiary/aromatic N) is 1. The Bertz CT molecular complexity index is 414. The van der Waals surface area contributed by atoms with Crippen molar-refractivity contribution in [2.45, 2.75) is 52.0 Å². The fourth-order valence-corrected chi connectivity index (χ4v) is 2.85. The van der Waals surface area contributed by atoms with E-state index in [1.807, 2.05) is 7.05 Å². The molecule has 0 saturated heterocycles. The number of allylic oxidation sites excluding steroid dienone is 1. The summed E-state index contributed by atoms with van der Waals surface area (Å²) < 4.78 is 0. The first-order valence-corrected chi connectivity index (χ1v) is 7.02. The Morgan fingerprint density at radius 2 is 2.00 bits per heavy atom. The van der Waals surface area contributed by atoms with E-state index in [4.69, 9.17) is 4.98 Å². The number of aromatic nitrogens is 1. The number of pyridine rings is 1. The Balaban J connectivity index is 2.29. The molecule has 18 heavy (non-hydrogen) atoms. The highest BCUT2D eigenvalue weighted by molar-refractivity contribution is 5.28. The maximum absolute atomic E-state index is 4.71. The van der Waals surface area contributed by atoms with Crippen LogP contribution in [0.25, 0.3) is 0 Å². The molecule has 0 fully saturated rings. The second kappa shape index (κ2) is 6.14. The van der Waals surface area contributed by atoms with Crippen molar-refractivity contribution in [3.63, 3.8) is 0 Å². The van der Waals surface area contributed by atoms with E-state index in [2.05, 4.69) is 37.4 Å². The summed E-state index contributed by atoms with van der Waals surface area (Å²) >= 11 is 0. The van der Waals surface area contributed by atoms with Gasteiger partial charge in [0.15, 0.2) is 0 Å². The van der Waals surface area contributed by atoms with Gasteiger partial charge < -0.3 is 5.32 Å². The lowest BCUT2D eigenvalue weighted by molar-refractivity contribution is 0.613. The van der Waals surface area contributed by atoms with Crippen LogP contribution in [0, 0.1) is 13.8 Å². The normalized spacial score (nSPS) is 18.1. The number of aryl methyl sites for hydroxylation is 2. The van der Waals surface area contributed by atoms with Gasteiger partial charge in [0, 0.05) is 5.69 Å².